The summed E-state index contributed by atoms with van der Waals surface area (Å²) < 4.78 is 24.1. The van der Waals surface area contributed by atoms with Crippen molar-refractivity contribution in [3.8, 4) is 0 Å². The van der Waals surface area contributed by atoms with Crippen LogP contribution >= 0.6 is 15.9 Å². The van der Waals surface area contributed by atoms with Gasteiger partial charge in [0.05, 0.1) is 24.3 Å². The molecule has 0 saturated heterocycles. The summed E-state index contributed by atoms with van der Waals surface area (Å²) in [5, 5.41) is 0. The summed E-state index contributed by atoms with van der Waals surface area (Å²) >= 11 is 3.23. The summed E-state index contributed by atoms with van der Waals surface area (Å²) in [6, 6.07) is 4.87. The first-order valence-electron chi connectivity index (χ1n) is 5.64. The highest BCUT2D eigenvalue weighted by Gasteiger charge is 2.12. The average molecular weight is 321 g/mol. The Bertz CT molecular complexity index is 366. The van der Waals surface area contributed by atoms with Crippen LogP contribution in [0.3, 0.4) is 0 Å². The zero-order chi connectivity index (χ0) is 13.4. The van der Waals surface area contributed by atoms with Gasteiger partial charge in [-0.1, -0.05) is 12.1 Å². The van der Waals surface area contributed by atoms with E-state index in [1.807, 2.05) is 6.07 Å². The van der Waals surface area contributed by atoms with Crippen LogP contribution in [0.25, 0.3) is 0 Å². The van der Waals surface area contributed by atoms with Gasteiger partial charge >= 0.3 is 0 Å². The second kappa shape index (κ2) is 8.55. The lowest BCUT2D eigenvalue weighted by atomic mass is 10.1. The molecule has 6 heteroatoms. The highest BCUT2D eigenvalue weighted by molar-refractivity contribution is 9.10. The molecule has 1 aromatic rings. The minimum atomic E-state index is -0.274. The third-order valence-electron chi connectivity index (χ3n) is 2.48. The number of rotatable bonds is 8. The summed E-state index contributed by atoms with van der Waals surface area (Å²) in [6.07, 6.45) is 0.585. The first kappa shape index (κ1) is 15.5. The van der Waals surface area contributed by atoms with Crippen LogP contribution in [0, 0.1) is 5.82 Å². The number of nitrogens with two attached hydrogens (primary N) is 1. The van der Waals surface area contributed by atoms with Crippen molar-refractivity contribution in [2.75, 3.05) is 26.9 Å². The van der Waals surface area contributed by atoms with Gasteiger partial charge in [0.2, 0.25) is 0 Å². The molecule has 3 N–H and O–H groups in total. The molecule has 0 fully saturated rings. The monoisotopic (exact) mass is 320 g/mol. The van der Waals surface area contributed by atoms with Crippen LogP contribution in [0.5, 0.6) is 0 Å². The maximum absolute atomic E-state index is 13.3. The van der Waals surface area contributed by atoms with Crippen molar-refractivity contribution in [3.05, 3.63) is 34.1 Å². The quantitative estimate of drug-likeness (QED) is 0.434. The van der Waals surface area contributed by atoms with E-state index in [2.05, 4.69) is 21.4 Å². The second-order valence-electron chi connectivity index (χ2n) is 3.85. The van der Waals surface area contributed by atoms with Gasteiger partial charge in [-0.2, -0.15) is 0 Å². The standard InChI is InChI=1S/C12H18BrFN2O2/c1-17-5-6-18-8-10(16-15)7-9-3-2-4-11(14)12(9)13/h2-4,10,16H,5-8,15H2,1H3. The SMILES string of the molecule is COCCOCC(Cc1cccc(F)c1Br)NN. The van der Waals surface area contributed by atoms with Crippen molar-refractivity contribution in [3.63, 3.8) is 0 Å². The van der Waals surface area contributed by atoms with Gasteiger partial charge in [0.25, 0.3) is 0 Å². The van der Waals surface area contributed by atoms with Crippen molar-refractivity contribution in [2.45, 2.75) is 12.5 Å². The summed E-state index contributed by atoms with van der Waals surface area (Å²) in [5.41, 5.74) is 3.52. The molecule has 1 aromatic carbocycles. The largest absolute Gasteiger partial charge is 0.382 e. The van der Waals surface area contributed by atoms with E-state index in [1.54, 1.807) is 13.2 Å². The van der Waals surface area contributed by atoms with Gasteiger partial charge in [0.1, 0.15) is 5.82 Å². The molecule has 1 unspecified atom stereocenters. The highest BCUT2D eigenvalue weighted by Crippen LogP contribution is 2.21. The zero-order valence-corrected chi connectivity index (χ0v) is 11.9. The Labute approximate surface area is 115 Å². The van der Waals surface area contributed by atoms with E-state index in [9.17, 15) is 4.39 Å². The van der Waals surface area contributed by atoms with Crippen LogP contribution in [0.4, 0.5) is 4.39 Å². The number of nitrogens with one attached hydrogen (secondary N) is 1. The smallest absolute Gasteiger partial charge is 0.137 e. The molecule has 0 aliphatic carbocycles. The highest BCUT2D eigenvalue weighted by atomic mass is 79.9. The fourth-order valence-corrected chi connectivity index (χ4v) is 1.93. The summed E-state index contributed by atoms with van der Waals surface area (Å²) in [6.45, 7) is 1.50. The first-order valence-corrected chi connectivity index (χ1v) is 6.44. The maximum atomic E-state index is 13.3. The molecule has 0 aliphatic heterocycles. The molecule has 18 heavy (non-hydrogen) atoms. The van der Waals surface area contributed by atoms with Crippen LogP contribution < -0.4 is 11.3 Å². The van der Waals surface area contributed by atoms with Crippen LogP contribution in [0.2, 0.25) is 0 Å². The van der Waals surface area contributed by atoms with Gasteiger partial charge in [-0.25, -0.2) is 4.39 Å². The third-order valence-corrected chi connectivity index (χ3v) is 3.37. The molecular weight excluding hydrogens is 303 g/mol. The lowest BCUT2D eigenvalue weighted by Gasteiger charge is -2.17. The fourth-order valence-electron chi connectivity index (χ4n) is 1.51. The van der Waals surface area contributed by atoms with E-state index < -0.39 is 0 Å². The Balaban J connectivity index is 2.49. The topological polar surface area (TPSA) is 56.5 Å². The Morgan fingerprint density at radius 2 is 2.22 bits per heavy atom. The molecule has 0 saturated carbocycles. The molecule has 0 aliphatic rings. The van der Waals surface area contributed by atoms with E-state index in [-0.39, 0.29) is 11.9 Å². The first-order chi connectivity index (χ1) is 8.69. The number of hydrazine groups is 1. The predicted octanol–water partition coefficient (Wildman–Crippen LogP) is 1.63. The zero-order valence-electron chi connectivity index (χ0n) is 10.3. The minimum absolute atomic E-state index is 0.0695. The lowest BCUT2D eigenvalue weighted by molar-refractivity contribution is 0.0587. The van der Waals surface area contributed by atoms with Gasteiger partial charge in [0, 0.05) is 13.2 Å². The third kappa shape index (κ3) is 4.99. The molecule has 0 bridgehead atoms. The van der Waals surface area contributed by atoms with E-state index in [1.165, 1.54) is 6.07 Å². The number of ether oxygens (including phenoxy) is 2. The molecule has 0 amide bonds. The molecule has 0 spiro atoms. The molecule has 0 heterocycles. The second-order valence-corrected chi connectivity index (χ2v) is 4.64. The number of hydrogen-bond acceptors (Lipinski definition) is 4. The van der Waals surface area contributed by atoms with Crippen molar-refractivity contribution in [2.24, 2.45) is 5.84 Å². The summed E-state index contributed by atoms with van der Waals surface area (Å²) in [5.74, 6) is 5.18. The van der Waals surface area contributed by atoms with Gasteiger partial charge in [-0.3, -0.25) is 11.3 Å². The van der Waals surface area contributed by atoms with Crippen LogP contribution in [-0.4, -0.2) is 33.0 Å². The van der Waals surface area contributed by atoms with Crippen molar-refractivity contribution >= 4 is 15.9 Å². The summed E-state index contributed by atoms with van der Waals surface area (Å²) in [4.78, 5) is 0. The van der Waals surface area contributed by atoms with Crippen LogP contribution in [-0.2, 0) is 15.9 Å². The van der Waals surface area contributed by atoms with Gasteiger partial charge < -0.3 is 9.47 Å². The van der Waals surface area contributed by atoms with Crippen molar-refractivity contribution in [1.29, 1.82) is 0 Å². The van der Waals surface area contributed by atoms with Gasteiger partial charge in [-0.05, 0) is 34.0 Å². The van der Waals surface area contributed by atoms with E-state index in [0.717, 1.165) is 5.56 Å². The predicted molar refractivity (Wildman–Crippen MR) is 71.6 cm³/mol. The number of hydrogen-bond donors (Lipinski definition) is 2. The number of methoxy groups -OCH3 is 1. The molecule has 0 aromatic heterocycles. The molecule has 1 atom stereocenters. The molecule has 102 valence electrons. The summed E-state index contributed by atoms with van der Waals surface area (Å²) in [7, 11) is 1.62. The van der Waals surface area contributed by atoms with E-state index >= 15 is 0 Å². The minimum Gasteiger partial charge on any atom is -0.382 e. The van der Waals surface area contributed by atoms with Crippen LogP contribution in [0.15, 0.2) is 22.7 Å². The van der Waals surface area contributed by atoms with Crippen molar-refractivity contribution < 1.29 is 13.9 Å². The molecule has 0 radical (unpaired) electrons. The number of benzene rings is 1. The molecule has 1 rings (SSSR count). The average Bonchev–Trinajstić information content (AvgIpc) is 2.38. The van der Waals surface area contributed by atoms with E-state index in [4.69, 9.17) is 15.3 Å². The number of halogens is 2. The van der Waals surface area contributed by atoms with Crippen LogP contribution in [0.1, 0.15) is 5.56 Å². The molecular formula is C12H18BrFN2O2. The van der Waals surface area contributed by atoms with Crippen molar-refractivity contribution in [1.82, 2.24) is 5.43 Å². The Morgan fingerprint density at radius 3 is 2.89 bits per heavy atom. The Morgan fingerprint density at radius 1 is 1.44 bits per heavy atom. The maximum Gasteiger partial charge on any atom is 0.137 e. The Hall–Kier alpha value is -0.530. The normalized spacial score (nSPS) is 12.7. The fraction of sp³-hybridized carbons (Fsp3) is 0.500. The van der Waals surface area contributed by atoms with E-state index in [0.29, 0.717) is 30.7 Å². The molecule has 4 nitrogen and oxygen atoms in total. The van der Waals surface area contributed by atoms with Gasteiger partial charge in [0.15, 0.2) is 0 Å². The van der Waals surface area contributed by atoms with Gasteiger partial charge in [-0.15, -0.1) is 0 Å². The Kier molecular flexibility index (Phi) is 7.38. The lowest BCUT2D eigenvalue weighted by Crippen LogP contribution is -2.40.